The lowest BCUT2D eigenvalue weighted by Crippen LogP contribution is -2.49. The van der Waals surface area contributed by atoms with Crippen LogP contribution in [-0.4, -0.2) is 46.9 Å². The summed E-state index contributed by atoms with van der Waals surface area (Å²) in [6.45, 7) is 4.25. The molecule has 1 atom stereocenters. The van der Waals surface area contributed by atoms with E-state index in [0.29, 0.717) is 44.5 Å². The number of carbonyl (C=O) groups is 1. The van der Waals surface area contributed by atoms with Crippen LogP contribution in [0.5, 0.6) is 0 Å². The number of aromatic nitrogens is 1. The summed E-state index contributed by atoms with van der Waals surface area (Å²) >= 11 is 1.35. The number of ether oxygens (including phenoxy) is 2. The minimum Gasteiger partial charge on any atom is -0.347 e. The molecule has 128 valence electrons. The average Bonchev–Trinajstić information content (AvgIpc) is 3.20. The van der Waals surface area contributed by atoms with E-state index in [2.05, 4.69) is 0 Å². The quantitative estimate of drug-likeness (QED) is 0.833. The molecule has 0 radical (unpaired) electrons. The molecule has 0 aliphatic carbocycles. The Balaban J connectivity index is 1.51. The average molecular weight is 348 g/mol. The van der Waals surface area contributed by atoms with Crippen LogP contribution >= 0.6 is 11.5 Å². The Labute approximate surface area is 143 Å². The first-order valence-corrected chi connectivity index (χ1v) is 9.04. The van der Waals surface area contributed by atoms with Gasteiger partial charge in [-0.2, -0.15) is 0 Å². The molecule has 1 aromatic heterocycles. The summed E-state index contributed by atoms with van der Waals surface area (Å²) in [6, 6.07) is 6.98. The van der Waals surface area contributed by atoms with Crippen LogP contribution in [0, 0.1) is 0 Å². The highest BCUT2D eigenvalue weighted by molar-refractivity contribution is 7.14. The molecule has 2 aliphatic heterocycles. The molecule has 2 aliphatic rings. The number of amides is 1. The standard InChI is InChI=1S/C17H20N2O4S/c1-12(19-16(21)13-4-2-3-5-14(13)24-19)15(20)18-8-6-17(7-9-18)22-10-11-23-17/h2-5,12H,6-11H2,1H3/t12-/m1/s1. The highest BCUT2D eigenvalue weighted by Gasteiger charge is 2.41. The highest BCUT2D eigenvalue weighted by Crippen LogP contribution is 2.32. The Morgan fingerprint density at radius 2 is 1.88 bits per heavy atom. The number of piperidine rings is 1. The highest BCUT2D eigenvalue weighted by atomic mass is 32.1. The maximum atomic E-state index is 12.8. The van der Waals surface area contributed by atoms with E-state index in [0.717, 1.165) is 4.70 Å². The Morgan fingerprint density at radius 1 is 1.21 bits per heavy atom. The monoisotopic (exact) mass is 348 g/mol. The molecule has 1 spiro atoms. The van der Waals surface area contributed by atoms with Crippen LogP contribution in [0.15, 0.2) is 29.1 Å². The van der Waals surface area contributed by atoms with Gasteiger partial charge in [-0.25, -0.2) is 0 Å². The van der Waals surface area contributed by atoms with Crippen LogP contribution in [0.1, 0.15) is 25.8 Å². The molecule has 6 nitrogen and oxygen atoms in total. The molecule has 2 saturated heterocycles. The lowest BCUT2D eigenvalue weighted by Gasteiger charge is -2.38. The van der Waals surface area contributed by atoms with Crippen molar-refractivity contribution in [1.29, 1.82) is 0 Å². The number of carbonyl (C=O) groups excluding carboxylic acids is 1. The summed E-state index contributed by atoms with van der Waals surface area (Å²) < 4.78 is 13.9. The van der Waals surface area contributed by atoms with Crippen molar-refractivity contribution in [3.63, 3.8) is 0 Å². The number of nitrogens with zero attached hydrogens (tertiary/aromatic N) is 2. The molecule has 1 amide bonds. The van der Waals surface area contributed by atoms with Gasteiger partial charge in [0, 0.05) is 25.9 Å². The number of benzene rings is 1. The van der Waals surface area contributed by atoms with Gasteiger partial charge in [0.25, 0.3) is 5.56 Å². The fraction of sp³-hybridized carbons (Fsp3) is 0.529. The molecule has 2 fully saturated rings. The van der Waals surface area contributed by atoms with Gasteiger partial charge in [0.1, 0.15) is 6.04 Å². The number of hydrogen-bond donors (Lipinski definition) is 0. The molecule has 0 unspecified atom stereocenters. The summed E-state index contributed by atoms with van der Waals surface area (Å²) in [6.07, 6.45) is 1.37. The maximum absolute atomic E-state index is 12.8. The SMILES string of the molecule is C[C@H](C(=O)N1CCC2(CC1)OCCO2)n1sc2ccccc2c1=O. The molecule has 3 heterocycles. The molecule has 0 bridgehead atoms. The second kappa shape index (κ2) is 5.98. The van der Waals surface area contributed by atoms with E-state index >= 15 is 0 Å². The van der Waals surface area contributed by atoms with Crippen molar-refractivity contribution < 1.29 is 14.3 Å². The van der Waals surface area contributed by atoms with Gasteiger partial charge >= 0.3 is 0 Å². The van der Waals surface area contributed by atoms with Gasteiger partial charge in [-0.1, -0.05) is 23.7 Å². The minimum absolute atomic E-state index is 0.0171. The summed E-state index contributed by atoms with van der Waals surface area (Å²) in [5.74, 6) is -0.509. The third-order valence-corrected chi connectivity index (χ3v) is 6.11. The van der Waals surface area contributed by atoms with E-state index in [-0.39, 0.29) is 11.5 Å². The van der Waals surface area contributed by atoms with Crippen LogP contribution < -0.4 is 5.56 Å². The second-order valence-electron chi connectivity index (χ2n) is 6.33. The zero-order valence-electron chi connectivity index (χ0n) is 13.6. The largest absolute Gasteiger partial charge is 0.347 e. The van der Waals surface area contributed by atoms with Gasteiger partial charge in [-0.05, 0) is 19.1 Å². The summed E-state index contributed by atoms with van der Waals surface area (Å²) in [4.78, 5) is 27.2. The molecule has 2 aromatic rings. The van der Waals surface area contributed by atoms with Crippen molar-refractivity contribution in [3.8, 4) is 0 Å². The summed E-state index contributed by atoms with van der Waals surface area (Å²) in [5.41, 5.74) is -0.0904. The van der Waals surface area contributed by atoms with Crippen molar-refractivity contribution in [2.45, 2.75) is 31.6 Å². The van der Waals surface area contributed by atoms with Crippen LogP contribution in [0.2, 0.25) is 0 Å². The Bertz CT molecular complexity index is 811. The van der Waals surface area contributed by atoms with E-state index in [1.54, 1.807) is 16.9 Å². The molecule has 1 aromatic carbocycles. The molecular weight excluding hydrogens is 328 g/mol. The van der Waals surface area contributed by atoms with Gasteiger partial charge in [-0.3, -0.25) is 13.5 Å². The van der Waals surface area contributed by atoms with E-state index in [9.17, 15) is 9.59 Å². The first-order valence-electron chi connectivity index (χ1n) is 8.27. The summed E-state index contributed by atoms with van der Waals surface area (Å²) in [7, 11) is 0. The van der Waals surface area contributed by atoms with Gasteiger partial charge in [0.05, 0.1) is 23.3 Å². The van der Waals surface area contributed by atoms with E-state index in [1.807, 2.05) is 23.1 Å². The van der Waals surface area contributed by atoms with Crippen LogP contribution in [0.4, 0.5) is 0 Å². The van der Waals surface area contributed by atoms with Crippen LogP contribution in [0.25, 0.3) is 10.1 Å². The topological polar surface area (TPSA) is 60.8 Å². The molecule has 0 saturated carbocycles. The second-order valence-corrected chi connectivity index (χ2v) is 7.34. The Morgan fingerprint density at radius 3 is 2.54 bits per heavy atom. The van der Waals surface area contributed by atoms with Crippen LogP contribution in [-0.2, 0) is 14.3 Å². The first kappa shape index (κ1) is 15.8. The molecule has 4 rings (SSSR count). The predicted octanol–water partition coefficient (Wildman–Crippen LogP) is 1.99. The Hall–Kier alpha value is -1.70. The van der Waals surface area contributed by atoms with Gasteiger partial charge in [0.15, 0.2) is 5.79 Å². The number of hydrogen-bond acceptors (Lipinski definition) is 5. The zero-order valence-corrected chi connectivity index (χ0v) is 14.4. The number of rotatable bonds is 2. The van der Waals surface area contributed by atoms with Crippen molar-refractivity contribution in [2.24, 2.45) is 0 Å². The van der Waals surface area contributed by atoms with E-state index in [4.69, 9.17) is 9.47 Å². The van der Waals surface area contributed by atoms with Crippen molar-refractivity contribution in [1.82, 2.24) is 8.86 Å². The number of fused-ring (bicyclic) bond motifs is 1. The predicted molar refractivity (Wildman–Crippen MR) is 91.2 cm³/mol. The molecule has 0 N–H and O–H groups in total. The van der Waals surface area contributed by atoms with E-state index < -0.39 is 11.8 Å². The smallest absolute Gasteiger partial charge is 0.269 e. The van der Waals surface area contributed by atoms with Gasteiger partial charge < -0.3 is 14.4 Å². The number of likely N-dealkylation sites (tertiary alicyclic amines) is 1. The maximum Gasteiger partial charge on any atom is 0.269 e. The van der Waals surface area contributed by atoms with Crippen molar-refractivity contribution in [2.75, 3.05) is 26.3 Å². The van der Waals surface area contributed by atoms with Crippen LogP contribution in [0.3, 0.4) is 0 Å². The van der Waals surface area contributed by atoms with Gasteiger partial charge in [-0.15, -0.1) is 0 Å². The molecular formula is C17H20N2O4S. The normalized spacial score (nSPS) is 21.5. The Kier molecular flexibility index (Phi) is 3.94. The molecule has 7 heteroatoms. The third kappa shape index (κ3) is 2.56. The van der Waals surface area contributed by atoms with Crippen molar-refractivity contribution >= 4 is 27.5 Å². The van der Waals surface area contributed by atoms with Crippen molar-refractivity contribution in [3.05, 3.63) is 34.6 Å². The fourth-order valence-corrected chi connectivity index (χ4v) is 4.50. The van der Waals surface area contributed by atoms with E-state index in [1.165, 1.54) is 11.5 Å². The zero-order chi connectivity index (χ0) is 16.7. The summed E-state index contributed by atoms with van der Waals surface area (Å²) in [5, 5.41) is 0.674. The lowest BCUT2D eigenvalue weighted by atomic mass is 10.0. The lowest BCUT2D eigenvalue weighted by molar-refractivity contribution is -0.188. The first-order chi connectivity index (χ1) is 11.6. The molecule has 24 heavy (non-hydrogen) atoms. The third-order valence-electron chi connectivity index (χ3n) is 4.87. The fourth-order valence-electron chi connectivity index (χ4n) is 3.46. The van der Waals surface area contributed by atoms with Gasteiger partial charge in [0.2, 0.25) is 5.91 Å². The minimum atomic E-state index is -0.492.